The first kappa shape index (κ1) is 12.9. The van der Waals surface area contributed by atoms with Gasteiger partial charge in [0.1, 0.15) is 0 Å². The summed E-state index contributed by atoms with van der Waals surface area (Å²) >= 11 is 0. The van der Waals surface area contributed by atoms with E-state index in [1.165, 1.54) is 0 Å². The normalized spacial score (nSPS) is 25.2. The Kier molecular flexibility index (Phi) is 3.57. The van der Waals surface area contributed by atoms with Crippen LogP contribution in [-0.4, -0.2) is 43.0 Å². The van der Waals surface area contributed by atoms with E-state index in [0.29, 0.717) is 17.6 Å². The number of hydrogen-bond acceptors (Lipinski definition) is 3. The van der Waals surface area contributed by atoms with Crippen LogP contribution in [0.1, 0.15) is 24.2 Å². The number of piperazine rings is 1. The maximum Gasteiger partial charge on any atom is 0.248 e. The molecule has 98 valence electrons. The van der Waals surface area contributed by atoms with Crippen molar-refractivity contribution < 1.29 is 4.79 Å². The van der Waals surface area contributed by atoms with Gasteiger partial charge < -0.3 is 10.6 Å². The SMILES string of the molecule is C[C@@H]1CN(c2ccc(C(N)=O)cc2)C[C@H](C)N1C. The zero-order valence-electron chi connectivity index (χ0n) is 11.3. The second-order valence-electron chi connectivity index (χ2n) is 5.18. The first-order chi connectivity index (χ1) is 8.49. The molecule has 2 rings (SSSR count). The summed E-state index contributed by atoms with van der Waals surface area (Å²) < 4.78 is 0. The van der Waals surface area contributed by atoms with E-state index < -0.39 is 0 Å². The van der Waals surface area contributed by atoms with E-state index in [-0.39, 0.29) is 5.91 Å². The standard InChI is InChI=1S/C14H21N3O/c1-10-8-17(9-11(2)16(10)3)13-6-4-12(5-7-13)14(15)18/h4-7,10-11H,8-9H2,1-3H3,(H2,15,18)/t10-,11+. The van der Waals surface area contributed by atoms with Crippen molar-refractivity contribution in [1.82, 2.24) is 4.90 Å². The number of benzene rings is 1. The van der Waals surface area contributed by atoms with E-state index in [4.69, 9.17) is 5.73 Å². The summed E-state index contributed by atoms with van der Waals surface area (Å²) in [4.78, 5) is 15.8. The zero-order valence-corrected chi connectivity index (χ0v) is 11.3. The third kappa shape index (κ3) is 2.48. The summed E-state index contributed by atoms with van der Waals surface area (Å²) in [6.45, 7) is 6.49. The van der Waals surface area contributed by atoms with Crippen molar-refractivity contribution in [2.24, 2.45) is 5.73 Å². The molecule has 2 N–H and O–H groups in total. The van der Waals surface area contributed by atoms with Crippen molar-refractivity contribution in [1.29, 1.82) is 0 Å². The minimum atomic E-state index is -0.373. The van der Waals surface area contributed by atoms with Crippen LogP contribution in [0.15, 0.2) is 24.3 Å². The minimum Gasteiger partial charge on any atom is -0.368 e. The van der Waals surface area contributed by atoms with E-state index >= 15 is 0 Å². The van der Waals surface area contributed by atoms with Crippen LogP contribution in [0, 0.1) is 0 Å². The third-order valence-corrected chi connectivity index (χ3v) is 3.88. The highest BCUT2D eigenvalue weighted by atomic mass is 16.1. The summed E-state index contributed by atoms with van der Waals surface area (Å²) in [6.07, 6.45) is 0. The van der Waals surface area contributed by atoms with Crippen molar-refractivity contribution >= 4 is 11.6 Å². The molecule has 0 saturated carbocycles. The van der Waals surface area contributed by atoms with Crippen molar-refractivity contribution in [2.45, 2.75) is 25.9 Å². The Morgan fingerprint density at radius 2 is 1.67 bits per heavy atom. The van der Waals surface area contributed by atoms with Gasteiger partial charge in [-0.15, -0.1) is 0 Å². The Labute approximate surface area is 108 Å². The fraction of sp³-hybridized carbons (Fsp3) is 0.500. The summed E-state index contributed by atoms with van der Waals surface area (Å²) in [5, 5.41) is 0. The first-order valence-electron chi connectivity index (χ1n) is 6.36. The molecule has 1 heterocycles. The number of carbonyl (C=O) groups excluding carboxylic acids is 1. The highest BCUT2D eigenvalue weighted by Crippen LogP contribution is 2.21. The number of anilines is 1. The second-order valence-corrected chi connectivity index (χ2v) is 5.18. The molecule has 4 heteroatoms. The van der Waals surface area contributed by atoms with Crippen LogP contribution in [0.4, 0.5) is 5.69 Å². The monoisotopic (exact) mass is 247 g/mol. The minimum absolute atomic E-state index is 0.373. The van der Waals surface area contributed by atoms with Gasteiger partial charge >= 0.3 is 0 Å². The van der Waals surface area contributed by atoms with Gasteiger partial charge in [0.15, 0.2) is 0 Å². The Bertz CT molecular complexity index is 417. The number of hydrogen-bond donors (Lipinski definition) is 1. The Morgan fingerprint density at radius 3 is 2.11 bits per heavy atom. The van der Waals surface area contributed by atoms with Gasteiger partial charge in [0.2, 0.25) is 5.91 Å². The van der Waals surface area contributed by atoms with E-state index in [0.717, 1.165) is 18.8 Å². The number of rotatable bonds is 2. The smallest absolute Gasteiger partial charge is 0.248 e. The maximum absolute atomic E-state index is 11.0. The molecule has 1 aliphatic heterocycles. The van der Waals surface area contributed by atoms with Gasteiger partial charge in [-0.3, -0.25) is 9.69 Å². The number of likely N-dealkylation sites (N-methyl/N-ethyl adjacent to an activating group) is 1. The lowest BCUT2D eigenvalue weighted by Crippen LogP contribution is -2.55. The van der Waals surface area contributed by atoms with Gasteiger partial charge in [-0.1, -0.05) is 0 Å². The van der Waals surface area contributed by atoms with Crippen LogP contribution in [-0.2, 0) is 0 Å². The number of carbonyl (C=O) groups is 1. The van der Waals surface area contributed by atoms with Crippen molar-refractivity contribution in [3.05, 3.63) is 29.8 Å². The molecule has 0 bridgehead atoms. The van der Waals surface area contributed by atoms with Crippen LogP contribution in [0.3, 0.4) is 0 Å². The van der Waals surface area contributed by atoms with E-state index in [1.54, 1.807) is 12.1 Å². The van der Waals surface area contributed by atoms with Crippen LogP contribution in [0.2, 0.25) is 0 Å². The quantitative estimate of drug-likeness (QED) is 0.857. The molecule has 1 amide bonds. The van der Waals surface area contributed by atoms with Gasteiger partial charge in [-0.05, 0) is 45.2 Å². The molecule has 1 saturated heterocycles. The lowest BCUT2D eigenvalue weighted by atomic mass is 10.1. The Hall–Kier alpha value is -1.55. The topological polar surface area (TPSA) is 49.6 Å². The predicted molar refractivity (Wildman–Crippen MR) is 73.9 cm³/mol. The molecule has 0 radical (unpaired) electrons. The summed E-state index contributed by atoms with van der Waals surface area (Å²) in [5.74, 6) is -0.373. The zero-order chi connectivity index (χ0) is 13.3. The Balaban J connectivity index is 2.14. The molecule has 1 aromatic rings. The molecular weight excluding hydrogens is 226 g/mol. The van der Waals surface area contributed by atoms with Gasteiger partial charge in [-0.25, -0.2) is 0 Å². The molecule has 0 aromatic heterocycles. The van der Waals surface area contributed by atoms with Crippen molar-refractivity contribution in [3.8, 4) is 0 Å². The predicted octanol–water partition coefficient (Wildman–Crippen LogP) is 1.31. The van der Waals surface area contributed by atoms with E-state index in [9.17, 15) is 4.79 Å². The molecule has 2 atom stereocenters. The maximum atomic E-state index is 11.0. The average Bonchev–Trinajstić information content (AvgIpc) is 2.35. The van der Waals surface area contributed by atoms with Crippen molar-refractivity contribution in [3.63, 3.8) is 0 Å². The number of nitrogens with zero attached hydrogens (tertiary/aromatic N) is 2. The number of nitrogens with two attached hydrogens (primary N) is 1. The third-order valence-electron chi connectivity index (χ3n) is 3.88. The highest BCUT2D eigenvalue weighted by Gasteiger charge is 2.26. The fourth-order valence-electron chi connectivity index (χ4n) is 2.45. The largest absolute Gasteiger partial charge is 0.368 e. The van der Waals surface area contributed by atoms with Gasteiger partial charge in [0.05, 0.1) is 0 Å². The lowest BCUT2D eigenvalue weighted by molar-refractivity contribution is 0.100. The lowest BCUT2D eigenvalue weighted by Gasteiger charge is -2.43. The van der Waals surface area contributed by atoms with Gasteiger partial charge in [-0.2, -0.15) is 0 Å². The summed E-state index contributed by atoms with van der Waals surface area (Å²) in [7, 11) is 2.17. The van der Waals surface area contributed by atoms with Crippen LogP contribution >= 0.6 is 0 Å². The van der Waals surface area contributed by atoms with Crippen LogP contribution in [0.25, 0.3) is 0 Å². The molecule has 4 nitrogen and oxygen atoms in total. The summed E-state index contributed by atoms with van der Waals surface area (Å²) in [6, 6.07) is 8.61. The summed E-state index contributed by atoms with van der Waals surface area (Å²) in [5.41, 5.74) is 6.97. The van der Waals surface area contributed by atoms with E-state index in [2.05, 4.69) is 30.7 Å². The molecule has 0 aliphatic carbocycles. The molecule has 1 aromatic carbocycles. The number of amides is 1. The molecule has 0 unspecified atom stereocenters. The second kappa shape index (κ2) is 4.98. The van der Waals surface area contributed by atoms with Gasteiger partial charge in [0, 0.05) is 36.4 Å². The van der Waals surface area contributed by atoms with Crippen LogP contribution in [0.5, 0.6) is 0 Å². The van der Waals surface area contributed by atoms with E-state index in [1.807, 2.05) is 12.1 Å². The molecule has 0 spiro atoms. The molecule has 1 aliphatic rings. The van der Waals surface area contributed by atoms with Gasteiger partial charge in [0.25, 0.3) is 0 Å². The number of primary amides is 1. The first-order valence-corrected chi connectivity index (χ1v) is 6.36. The fourth-order valence-corrected chi connectivity index (χ4v) is 2.45. The molecule has 18 heavy (non-hydrogen) atoms. The average molecular weight is 247 g/mol. The molecular formula is C14H21N3O. The Morgan fingerprint density at radius 1 is 1.17 bits per heavy atom. The molecule has 1 fully saturated rings. The van der Waals surface area contributed by atoms with Crippen LogP contribution < -0.4 is 10.6 Å². The van der Waals surface area contributed by atoms with Crippen molar-refractivity contribution in [2.75, 3.05) is 25.0 Å². The highest BCUT2D eigenvalue weighted by molar-refractivity contribution is 5.93.